The molecule has 0 radical (unpaired) electrons. The van der Waals surface area contributed by atoms with Gasteiger partial charge >= 0.3 is 6.09 Å². The lowest BCUT2D eigenvalue weighted by Crippen LogP contribution is -2.40. The molecule has 0 heterocycles. The molecule has 1 N–H and O–H groups in total. The van der Waals surface area contributed by atoms with Crippen LogP contribution in [0.3, 0.4) is 0 Å². The van der Waals surface area contributed by atoms with Crippen molar-refractivity contribution in [3.63, 3.8) is 0 Å². The SMILES string of the molecule is CN(C)S(=O)(=O)CS(=O)(=O)NC(=O)OC1CCCCC1. The third kappa shape index (κ3) is 5.63. The number of ether oxygens (including phenoxy) is 1. The highest BCUT2D eigenvalue weighted by atomic mass is 32.3. The molecule has 1 aliphatic rings. The minimum atomic E-state index is -4.29. The molecule has 1 fully saturated rings. The molecule has 1 saturated carbocycles. The number of carbonyl (C=O) groups is 1. The van der Waals surface area contributed by atoms with E-state index in [2.05, 4.69) is 0 Å². The zero-order valence-electron chi connectivity index (χ0n) is 11.5. The maximum atomic E-state index is 11.6. The predicted octanol–water partition coefficient (Wildman–Crippen LogP) is 0.224. The summed E-state index contributed by atoms with van der Waals surface area (Å²) in [5, 5.41) is -1.19. The van der Waals surface area contributed by atoms with Gasteiger partial charge in [-0.25, -0.2) is 30.7 Å². The first kappa shape index (κ1) is 17.2. The molecule has 1 amide bonds. The van der Waals surface area contributed by atoms with Crippen LogP contribution in [-0.4, -0.2) is 52.5 Å². The zero-order valence-corrected chi connectivity index (χ0v) is 13.2. The Kier molecular flexibility index (Phi) is 5.78. The van der Waals surface area contributed by atoms with Crippen molar-refractivity contribution in [3.8, 4) is 0 Å². The molecule has 1 rings (SSSR count). The Balaban J connectivity index is 2.55. The summed E-state index contributed by atoms with van der Waals surface area (Å²) >= 11 is 0. The first-order valence-corrected chi connectivity index (χ1v) is 9.50. The van der Waals surface area contributed by atoms with Crippen molar-refractivity contribution >= 4 is 26.1 Å². The van der Waals surface area contributed by atoms with Gasteiger partial charge < -0.3 is 4.74 Å². The molecule has 0 saturated heterocycles. The molecule has 0 aliphatic heterocycles. The van der Waals surface area contributed by atoms with Crippen molar-refractivity contribution in [2.45, 2.75) is 38.2 Å². The Morgan fingerprint density at radius 1 is 1.15 bits per heavy atom. The van der Waals surface area contributed by atoms with Gasteiger partial charge in [0, 0.05) is 14.1 Å². The fourth-order valence-electron chi connectivity index (χ4n) is 1.82. The standard InChI is InChI=1S/C10H20N2O6S2/c1-12(2)20(16,17)8-19(14,15)11-10(13)18-9-6-4-3-5-7-9/h9H,3-8H2,1-2H3,(H,11,13). The Bertz CT molecular complexity index is 534. The van der Waals surface area contributed by atoms with Gasteiger partial charge in [-0.2, -0.15) is 0 Å². The van der Waals surface area contributed by atoms with E-state index in [-0.39, 0.29) is 6.10 Å². The highest BCUT2D eigenvalue weighted by molar-refractivity contribution is 8.06. The quantitative estimate of drug-likeness (QED) is 0.773. The zero-order chi connectivity index (χ0) is 15.4. The second-order valence-electron chi connectivity index (χ2n) is 4.89. The largest absolute Gasteiger partial charge is 0.446 e. The summed E-state index contributed by atoms with van der Waals surface area (Å²) in [4.78, 5) is 11.5. The van der Waals surface area contributed by atoms with Gasteiger partial charge in [0.25, 0.3) is 10.0 Å². The second kappa shape index (κ2) is 6.72. The van der Waals surface area contributed by atoms with E-state index in [1.165, 1.54) is 14.1 Å². The maximum absolute atomic E-state index is 11.6. The van der Waals surface area contributed by atoms with Gasteiger partial charge in [-0.1, -0.05) is 6.42 Å². The number of rotatable bonds is 5. The molecule has 0 aromatic heterocycles. The highest BCUT2D eigenvalue weighted by Gasteiger charge is 2.27. The summed E-state index contributed by atoms with van der Waals surface area (Å²) in [6.45, 7) is 0. The summed E-state index contributed by atoms with van der Waals surface area (Å²) in [6.07, 6.45) is 2.91. The van der Waals surface area contributed by atoms with Crippen LogP contribution in [-0.2, 0) is 24.8 Å². The third-order valence-electron chi connectivity index (χ3n) is 2.93. The van der Waals surface area contributed by atoms with Crippen LogP contribution in [0.25, 0.3) is 0 Å². The molecule has 0 aromatic carbocycles. The van der Waals surface area contributed by atoms with Gasteiger partial charge in [0.05, 0.1) is 0 Å². The Morgan fingerprint density at radius 2 is 1.70 bits per heavy atom. The van der Waals surface area contributed by atoms with E-state index in [4.69, 9.17) is 4.74 Å². The number of hydrogen-bond acceptors (Lipinski definition) is 6. The fourth-order valence-corrected chi connectivity index (χ4v) is 4.77. The normalized spacial score (nSPS) is 17.9. The minimum absolute atomic E-state index is 0.301. The number of nitrogens with one attached hydrogen (secondary N) is 1. The van der Waals surface area contributed by atoms with Crippen LogP contribution in [0.5, 0.6) is 0 Å². The average Bonchev–Trinajstić information content (AvgIpc) is 2.27. The lowest BCUT2D eigenvalue weighted by atomic mass is 9.98. The van der Waals surface area contributed by atoms with Crippen molar-refractivity contribution in [1.82, 2.24) is 9.03 Å². The smallest absolute Gasteiger partial charge is 0.421 e. The molecule has 1 aliphatic carbocycles. The van der Waals surface area contributed by atoms with Crippen molar-refractivity contribution in [2.24, 2.45) is 0 Å². The molecule has 0 aromatic rings. The van der Waals surface area contributed by atoms with Gasteiger partial charge in [-0.15, -0.1) is 0 Å². The number of sulfonamides is 2. The van der Waals surface area contributed by atoms with Crippen LogP contribution < -0.4 is 4.72 Å². The molecule has 0 atom stereocenters. The van der Waals surface area contributed by atoms with E-state index in [9.17, 15) is 21.6 Å². The van der Waals surface area contributed by atoms with Crippen LogP contribution in [0, 0.1) is 0 Å². The topological polar surface area (TPSA) is 110 Å². The van der Waals surface area contributed by atoms with Crippen molar-refractivity contribution in [1.29, 1.82) is 0 Å². The highest BCUT2D eigenvalue weighted by Crippen LogP contribution is 2.20. The summed E-state index contributed by atoms with van der Waals surface area (Å²) in [6, 6.07) is 0. The summed E-state index contributed by atoms with van der Waals surface area (Å²) in [5.74, 6) is 0. The molecule has 0 bridgehead atoms. The van der Waals surface area contributed by atoms with E-state index in [0.29, 0.717) is 12.8 Å². The van der Waals surface area contributed by atoms with Crippen LogP contribution in [0.2, 0.25) is 0 Å². The maximum Gasteiger partial charge on any atom is 0.421 e. The lowest BCUT2D eigenvalue weighted by Gasteiger charge is -2.21. The molecule has 10 heteroatoms. The Hall–Kier alpha value is -0.870. The minimum Gasteiger partial charge on any atom is -0.446 e. The number of amides is 1. The predicted molar refractivity (Wildman–Crippen MR) is 72.9 cm³/mol. The molecule has 20 heavy (non-hydrogen) atoms. The van der Waals surface area contributed by atoms with E-state index in [1.54, 1.807) is 4.72 Å². The first-order chi connectivity index (χ1) is 9.12. The van der Waals surface area contributed by atoms with Gasteiger partial charge in [0.2, 0.25) is 10.0 Å². The molecule has 118 valence electrons. The average molecular weight is 328 g/mol. The molecular formula is C10H20N2O6S2. The summed E-state index contributed by atoms with van der Waals surface area (Å²) in [7, 11) is -5.82. The van der Waals surface area contributed by atoms with Gasteiger partial charge in [-0.3, -0.25) is 0 Å². The first-order valence-electron chi connectivity index (χ1n) is 6.24. The number of nitrogens with zero attached hydrogens (tertiary/aromatic N) is 1. The third-order valence-corrected chi connectivity index (χ3v) is 6.95. The van der Waals surface area contributed by atoms with E-state index in [1.807, 2.05) is 0 Å². The lowest BCUT2D eigenvalue weighted by molar-refractivity contribution is 0.0798. The van der Waals surface area contributed by atoms with E-state index < -0.39 is 31.2 Å². The molecule has 0 spiro atoms. The number of carbonyl (C=O) groups excluding carboxylic acids is 1. The molecule has 8 nitrogen and oxygen atoms in total. The van der Waals surface area contributed by atoms with Gasteiger partial charge in [0.1, 0.15) is 6.10 Å². The van der Waals surface area contributed by atoms with Crippen LogP contribution in [0.15, 0.2) is 0 Å². The van der Waals surface area contributed by atoms with Crippen molar-refractivity contribution in [3.05, 3.63) is 0 Å². The van der Waals surface area contributed by atoms with Gasteiger partial charge in [-0.05, 0) is 25.7 Å². The number of hydrogen-bond donors (Lipinski definition) is 1. The molecular weight excluding hydrogens is 308 g/mol. The van der Waals surface area contributed by atoms with E-state index >= 15 is 0 Å². The monoisotopic (exact) mass is 328 g/mol. The Morgan fingerprint density at radius 3 is 2.20 bits per heavy atom. The van der Waals surface area contributed by atoms with Crippen molar-refractivity contribution in [2.75, 3.05) is 19.2 Å². The molecule has 0 unspecified atom stereocenters. The fraction of sp³-hybridized carbons (Fsp3) is 0.900. The van der Waals surface area contributed by atoms with Crippen LogP contribution in [0.1, 0.15) is 32.1 Å². The summed E-state index contributed by atoms with van der Waals surface area (Å²) < 4.78 is 53.5. The van der Waals surface area contributed by atoms with E-state index in [0.717, 1.165) is 23.6 Å². The van der Waals surface area contributed by atoms with Crippen LogP contribution in [0.4, 0.5) is 4.79 Å². The summed E-state index contributed by atoms with van der Waals surface area (Å²) in [5.41, 5.74) is 0. The van der Waals surface area contributed by atoms with Crippen LogP contribution >= 0.6 is 0 Å². The second-order valence-corrected chi connectivity index (χ2v) is 9.16. The Labute approximate surface area is 119 Å². The van der Waals surface area contributed by atoms with Crippen molar-refractivity contribution < 1.29 is 26.4 Å². The van der Waals surface area contributed by atoms with Gasteiger partial charge in [0.15, 0.2) is 5.08 Å².